The number of hydrogen-bond acceptors (Lipinski definition) is 6. The summed E-state index contributed by atoms with van der Waals surface area (Å²) in [6, 6.07) is 7.50. The SMILES string of the molecule is [C-]#[N+]c1ccc([C@@H](C)N2C(=O)[C@H]3C[C@@H]2CN3C[C@H](NC(=O)OC(C)(C)C)C(=O)N2CCC[C@H]2C#N)cc1. The topological polar surface area (TPSA) is 110 Å². The Morgan fingerprint density at radius 1 is 1.30 bits per heavy atom. The highest BCUT2D eigenvalue weighted by atomic mass is 16.6. The maximum Gasteiger partial charge on any atom is 0.408 e. The van der Waals surface area contributed by atoms with Gasteiger partial charge in [0.25, 0.3) is 0 Å². The van der Waals surface area contributed by atoms with Crippen molar-refractivity contribution in [2.45, 2.75) is 82.8 Å². The van der Waals surface area contributed by atoms with Crippen molar-refractivity contribution in [3.05, 3.63) is 41.2 Å². The Morgan fingerprint density at radius 3 is 2.59 bits per heavy atom. The van der Waals surface area contributed by atoms with E-state index in [1.54, 1.807) is 32.9 Å². The fourth-order valence-corrected chi connectivity index (χ4v) is 5.62. The van der Waals surface area contributed by atoms with Crippen LogP contribution in [0.5, 0.6) is 0 Å². The number of hydrogen-bond donors (Lipinski definition) is 1. The number of nitrogens with one attached hydrogen (secondary N) is 1. The van der Waals surface area contributed by atoms with Crippen LogP contribution in [0.4, 0.5) is 10.5 Å². The van der Waals surface area contributed by atoms with E-state index < -0.39 is 23.8 Å². The highest BCUT2D eigenvalue weighted by molar-refractivity contribution is 5.88. The Hall–Kier alpha value is -3.63. The number of carbonyl (C=O) groups excluding carboxylic acids is 3. The Labute approximate surface area is 218 Å². The van der Waals surface area contributed by atoms with Crippen LogP contribution in [-0.2, 0) is 14.3 Å². The summed E-state index contributed by atoms with van der Waals surface area (Å²) in [6.07, 6.45) is 1.30. The average Bonchev–Trinajstić information content (AvgIpc) is 3.56. The van der Waals surface area contributed by atoms with Crippen LogP contribution >= 0.6 is 0 Å². The molecule has 5 atom stereocenters. The summed E-state index contributed by atoms with van der Waals surface area (Å²) in [4.78, 5) is 48.3. The van der Waals surface area contributed by atoms with Gasteiger partial charge in [0.2, 0.25) is 11.8 Å². The summed E-state index contributed by atoms with van der Waals surface area (Å²) in [5, 5.41) is 12.2. The van der Waals surface area contributed by atoms with Crippen molar-refractivity contribution in [1.29, 1.82) is 5.26 Å². The predicted molar refractivity (Wildman–Crippen MR) is 135 cm³/mol. The summed E-state index contributed by atoms with van der Waals surface area (Å²) >= 11 is 0. The molecule has 37 heavy (non-hydrogen) atoms. The molecule has 0 radical (unpaired) electrons. The first-order chi connectivity index (χ1) is 17.5. The van der Waals surface area contributed by atoms with Crippen LogP contribution in [0, 0.1) is 17.9 Å². The standard InChI is InChI=1S/C27H34N6O4/c1-17(18-8-10-19(29-5)11-9-18)33-21-13-23(25(33)35)31(15-21)16-22(30-26(36)37-27(2,3)4)24(34)32-12-6-7-20(32)14-28/h8-11,17,20-23H,6-7,12-13,15-16H2,1-4H3,(H,30,36)/t17-,20+,21-,22+,23-/m1/s1. The van der Waals surface area contributed by atoms with Crippen LogP contribution in [0.3, 0.4) is 0 Å². The van der Waals surface area contributed by atoms with Gasteiger partial charge in [0.05, 0.1) is 24.7 Å². The Kier molecular flexibility index (Phi) is 7.42. The van der Waals surface area contributed by atoms with Crippen molar-refractivity contribution >= 4 is 23.6 Å². The quantitative estimate of drug-likeness (QED) is 0.594. The molecule has 3 saturated heterocycles. The molecule has 1 N–H and O–H groups in total. The number of benzene rings is 1. The van der Waals surface area contributed by atoms with Gasteiger partial charge in [0.15, 0.2) is 5.69 Å². The third kappa shape index (κ3) is 5.55. The molecule has 0 saturated carbocycles. The highest BCUT2D eigenvalue weighted by Gasteiger charge is 2.52. The van der Waals surface area contributed by atoms with Crippen LogP contribution in [0.1, 0.15) is 58.6 Å². The van der Waals surface area contributed by atoms with E-state index in [1.165, 1.54) is 4.90 Å². The minimum Gasteiger partial charge on any atom is -0.444 e. The van der Waals surface area contributed by atoms with Crippen molar-refractivity contribution in [3.63, 3.8) is 0 Å². The van der Waals surface area contributed by atoms with Gasteiger partial charge in [0.1, 0.15) is 17.7 Å². The fraction of sp³-hybridized carbons (Fsp3) is 0.593. The number of piperazine rings is 1. The van der Waals surface area contributed by atoms with Crippen LogP contribution < -0.4 is 5.32 Å². The first kappa shape index (κ1) is 26.4. The minimum atomic E-state index is -0.928. The number of nitrogens with zero attached hydrogens (tertiary/aromatic N) is 5. The van der Waals surface area contributed by atoms with Crippen molar-refractivity contribution in [2.24, 2.45) is 0 Å². The van der Waals surface area contributed by atoms with Gasteiger partial charge in [-0.25, -0.2) is 9.64 Å². The lowest BCUT2D eigenvalue weighted by molar-refractivity contribution is -0.141. The van der Waals surface area contributed by atoms with E-state index in [1.807, 2.05) is 28.9 Å². The second-order valence-electron chi connectivity index (χ2n) is 11.0. The lowest BCUT2D eigenvalue weighted by Crippen LogP contribution is -2.59. The van der Waals surface area contributed by atoms with Gasteiger partial charge < -0.3 is 19.9 Å². The maximum atomic E-state index is 13.5. The zero-order valence-corrected chi connectivity index (χ0v) is 21.8. The van der Waals surface area contributed by atoms with Crippen LogP contribution in [0.15, 0.2) is 24.3 Å². The molecule has 0 spiro atoms. The largest absolute Gasteiger partial charge is 0.444 e. The number of carbonyl (C=O) groups is 3. The zero-order valence-electron chi connectivity index (χ0n) is 21.8. The van der Waals surface area contributed by atoms with Gasteiger partial charge in [-0.15, -0.1) is 0 Å². The molecule has 3 amide bonds. The van der Waals surface area contributed by atoms with E-state index in [0.717, 1.165) is 12.0 Å². The fourth-order valence-electron chi connectivity index (χ4n) is 5.62. The zero-order chi connectivity index (χ0) is 26.9. The van der Waals surface area contributed by atoms with E-state index >= 15 is 0 Å². The Bertz CT molecular complexity index is 1130. The molecule has 3 aliphatic rings. The molecule has 3 heterocycles. The lowest BCUT2D eigenvalue weighted by Gasteiger charge is -2.39. The molecular formula is C27H34N6O4. The molecule has 10 nitrogen and oxygen atoms in total. The minimum absolute atomic E-state index is 0.00227. The summed E-state index contributed by atoms with van der Waals surface area (Å²) < 4.78 is 5.40. The molecule has 3 fully saturated rings. The second kappa shape index (κ2) is 10.4. The molecule has 196 valence electrons. The van der Waals surface area contributed by atoms with Gasteiger partial charge in [-0.1, -0.05) is 24.3 Å². The van der Waals surface area contributed by atoms with Crippen LogP contribution in [-0.4, -0.2) is 82.0 Å². The number of nitriles is 1. The smallest absolute Gasteiger partial charge is 0.408 e. The molecule has 1 aromatic rings. The van der Waals surface area contributed by atoms with E-state index in [0.29, 0.717) is 31.6 Å². The molecule has 10 heteroatoms. The van der Waals surface area contributed by atoms with E-state index in [4.69, 9.17) is 11.3 Å². The number of fused-ring (bicyclic) bond motifs is 2. The molecule has 0 aliphatic carbocycles. The van der Waals surface area contributed by atoms with Crippen LogP contribution in [0.25, 0.3) is 4.85 Å². The monoisotopic (exact) mass is 506 g/mol. The molecule has 2 bridgehead atoms. The van der Waals surface area contributed by atoms with Gasteiger partial charge in [0, 0.05) is 25.7 Å². The number of amides is 3. The third-order valence-electron chi connectivity index (χ3n) is 7.33. The number of likely N-dealkylation sites (tertiary alicyclic amines) is 3. The van der Waals surface area contributed by atoms with E-state index in [9.17, 15) is 19.6 Å². The Balaban J connectivity index is 1.47. The molecule has 0 unspecified atom stereocenters. The lowest BCUT2D eigenvalue weighted by atomic mass is 10.0. The first-order valence-corrected chi connectivity index (χ1v) is 12.8. The van der Waals surface area contributed by atoms with E-state index in [-0.39, 0.29) is 36.5 Å². The second-order valence-corrected chi connectivity index (χ2v) is 11.0. The van der Waals surface area contributed by atoms with Gasteiger partial charge >= 0.3 is 6.09 Å². The molecule has 0 aromatic heterocycles. The first-order valence-electron chi connectivity index (χ1n) is 12.8. The average molecular weight is 507 g/mol. The summed E-state index contributed by atoms with van der Waals surface area (Å²) in [5.74, 6) is -0.326. The van der Waals surface area contributed by atoms with Crippen molar-refractivity contribution in [1.82, 2.24) is 20.0 Å². The van der Waals surface area contributed by atoms with Gasteiger partial charge in [-0.2, -0.15) is 5.26 Å². The summed E-state index contributed by atoms with van der Waals surface area (Å²) in [7, 11) is 0. The van der Waals surface area contributed by atoms with E-state index in [2.05, 4.69) is 16.2 Å². The molecular weight excluding hydrogens is 472 g/mol. The normalized spacial score (nSPS) is 24.9. The maximum absolute atomic E-state index is 13.5. The summed E-state index contributed by atoms with van der Waals surface area (Å²) in [5.41, 5.74) is 0.796. The molecule has 3 aliphatic heterocycles. The number of ether oxygens (including phenoxy) is 1. The predicted octanol–water partition coefficient (Wildman–Crippen LogP) is 2.99. The van der Waals surface area contributed by atoms with Crippen LogP contribution in [0.2, 0.25) is 0 Å². The third-order valence-corrected chi connectivity index (χ3v) is 7.33. The molecule has 4 rings (SSSR count). The van der Waals surface area contributed by atoms with Crippen molar-refractivity contribution < 1.29 is 19.1 Å². The van der Waals surface area contributed by atoms with Crippen molar-refractivity contribution in [2.75, 3.05) is 19.6 Å². The summed E-state index contributed by atoms with van der Waals surface area (Å²) in [6.45, 7) is 15.6. The van der Waals surface area contributed by atoms with Crippen molar-refractivity contribution in [3.8, 4) is 6.07 Å². The van der Waals surface area contributed by atoms with Gasteiger partial charge in [-0.05, 0) is 52.5 Å². The highest BCUT2D eigenvalue weighted by Crippen LogP contribution is 2.38. The molecule has 1 aromatic carbocycles. The Morgan fingerprint density at radius 2 is 2.00 bits per heavy atom. The van der Waals surface area contributed by atoms with Gasteiger partial charge in [-0.3, -0.25) is 14.5 Å². The number of rotatable bonds is 6. The number of alkyl carbamates (subject to hydrolysis) is 1.